The van der Waals surface area contributed by atoms with Crippen molar-refractivity contribution in [3.05, 3.63) is 17.5 Å². The molecule has 0 spiro atoms. The average molecular weight is 292 g/mol. The summed E-state index contributed by atoms with van der Waals surface area (Å²) in [6, 6.07) is 2.42. The van der Waals surface area contributed by atoms with Gasteiger partial charge in [0, 0.05) is 24.8 Å². The number of aromatic nitrogens is 2. The van der Waals surface area contributed by atoms with Gasteiger partial charge in [-0.25, -0.2) is 4.79 Å². The molecule has 5 nitrogen and oxygen atoms in total. The van der Waals surface area contributed by atoms with Gasteiger partial charge in [0.25, 0.3) is 0 Å². The van der Waals surface area contributed by atoms with Crippen LogP contribution in [-0.4, -0.2) is 28.4 Å². The lowest BCUT2D eigenvalue weighted by molar-refractivity contribution is 0.230. The molecule has 118 valence electrons. The fraction of sp³-hybridized carbons (Fsp3) is 0.750. The van der Waals surface area contributed by atoms with Crippen LogP contribution in [-0.2, 0) is 6.54 Å². The molecule has 1 atom stereocenters. The third-order valence-corrected chi connectivity index (χ3v) is 4.14. The van der Waals surface area contributed by atoms with Crippen LogP contribution in [0.3, 0.4) is 0 Å². The third kappa shape index (κ3) is 5.06. The van der Waals surface area contributed by atoms with Crippen LogP contribution in [0.15, 0.2) is 6.07 Å². The summed E-state index contributed by atoms with van der Waals surface area (Å²) in [5.74, 6) is 0.361. The predicted octanol–water partition coefficient (Wildman–Crippen LogP) is 2.77. The lowest BCUT2D eigenvalue weighted by Gasteiger charge is -2.23. The van der Waals surface area contributed by atoms with Crippen molar-refractivity contribution in [2.24, 2.45) is 5.92 Å². The Balaban J connectivity index is 1.69. The minimum Gasteiger partial charge on any atom is -0.338 e. The number of nitrogens with one attached hydrogen (secondary N) is 2. The van der Waals surface area contributed by atoms with E-state index in [0.29, 0.717) is 18.5 Å². The Kier molecular flexibility index (Phi) is 5.65. The lowest BCUT2D eigenvalue weighted by atomic mass is 9.96. The van der Waals surface area contributed by atoms with E-state index in [1.807, 2.05) is 11.6 Å². The molecule has 0 aromatic carbocycles. The van der Waals surface area contributed by atoms with Gasteiger partial charge in [0.2, 0.25) is 0 Å². The minimum atomic E-state index is -0.0258. The highest BCUT2D eigenvalue weighted by atomic mass is 16.2. The number of rotatable bonds is 5. The summed E-state index contributed by atoms with van der Waals surface area (Å²) in [5.41, 5.74) is 2.22. The third-order valence-electron chi connectivity index (χ3n) is 4.14. The molecule has 2 rings (SSSR count). The van der Waals surface area contributed by atoms with Crippen molar-refractivity contribution < 1.29 is 4.79 Å². The van der Waals surface area contributed by atoms with Gasteiger partial charge < -0.3 is 10.6 Å². The van der Waals surface area contributed by atoms with E-state index in [1.165, 1.54) is 25.0 Å². The Hall–Kier alpha value is -1.52. The molecule has 1 saturated carbocycles. The molecule has 0 aliphatic heterocycles. The van der Waals surface area contributed by atoms with E-state index >= 15 is 0 Å². The summed E-state index contributed by atoms with van der Waals surface area (Å²) in [6.07, 6.45) is 6.02. The second kappa shape index (κ2) is 7.48. The number of carbonyl (C=O) groups is 1. The molecule has 1 aliphatic carbocycles. The zero-order valence-corrected chi connectivity index (χ0v) is 13.5. The molecule has 1 aliphatic rings. The maximum absolute atomic E-state index is 11.9. The summed E-state index contributed by atoms with van der Waals surface area (Å²) in [4.78, 5) is 11.9. The first-order chi connectivity index (χ1) is 10.0. The van der Waals surface area contributed by atoms with Gasteiger partial charge >= 0.3 is 6.03 Å². The Morgan fingerprint density at radius 3 is 2.71 bits per heavy atom. The molecule has 1 heterocycles. The van der Waals surface area contributed by atoms with Gasteiger partial charge in [-0.1, -0.05) is 26.2 Å². The summed E-state index contributed by atoms with van der Waals surface area (Å²) in [7, 11) is 0. The number of nitrogens with zero attached hydrogens (tertiary/aromatic N) is 2. The fourth-order valence-electron chi connectivity index (χ4n) is 2.97. The van der Waals surface area contributed by atoms with E-state index in [4.69, 9.17) is 0 Å². The molecular formula is C16H28N4O. The zero-order valence-electron chi connectivity index (χ0n) is 13.5. The van der Waals surface area contributed by atoms with Crippen LogP contribution in [0.4, 0.5) is 4.79 Å². The molecule has 1 fully saturated rings. The second-order valence-corrected chi connectivity index (χ2v) is 6.40. The number of carbonyl (C=O) groups excluding carboxylic acids is 1. The smallest absolute Gasteiger partial charge is 0.315 e. The van der Waals surface area contributed by atoms with E-state index in [-0.39, 0.29) is 6.03 Å². The van der Waals surface area contributed by atoms with Gasteiger partial charge in [0.1, 0.15) is 0 Å². The maximum Gasteiger partial charge on any atom is 0.315 e. The molecule has 2 N–H and O–H groups in total. The van der Waals surface area contributed by atoms with Crippen LogP contribution in [0, 0.1) is 19.8 Å². The van der Waals surface area contributed by atoms with Crippen LogP contribution >= 0.6 is 0 Å². The second-order valence-electron chi connectivity index (χ2n) is 6.40. The van der Waals surface area contributed by atoms with Gasteiger partial charge in [-0.15, -0.1) is 0 Å². The maximum atomic E-state index is 11.9. The zero-order chi connectivity index (χ0) is 15.2. The summed E-state index contributed by atoms with van der Waals surface area (Å²) in [6.45, 7) is 7.72. The minimum absolute atomic E-state index is 0.0258. The topological polar surface area (TPSA) is 59.0 Å². The van der Waals surface area contributed by atoms with Gasteiger partial charge in [-0.05, 0) is 38.7 Å². The highest BCUT2D eigenvalue weighted by Crippen LogP contribution is 2.17. The standard InChI is InChI=1S/C16H28N4O/c1-12(11-20-14(3)9-13(2)19-20)10-17-16(21)18-15-7-5-4-6-8-15/h9,12,15H,4-8,10-11H2,1-3H3,(H2,17,18,21). The molecule has 5 heteroatoms. The number of urea groups is 1. The molecule has 1 aromatic rings. The number of amides is 2. The highest BCUT2D eigenvalue weighted by Gasteiger charge is 2.16. The van der Waals surface area contributed by atoms with Crippen molar-refractivity contribution in [1.29, 1.82) is 0 Å². The van der Waals surface area contributed by atoms with Gasteiger partial charge in [0.15, 0.2) is 0 Å². The Morgan fingerprint density at radius 1 is 1.38 bits per heavy atom. The Bertz CT molecular complexity index is 463. The van der Waals surface area contributed by atoms with Crippen molar-refractivity contribution in [2.75, 3.05) is 6.54 Å². The molecule has 2 amide bonds. The first-order valence-corrected chi connectivity index (χ1v) is 8.10. The number of aryl methyl sites for hydroxylation is 2. The van der Waals surface area contributed by atoms with Crippen molar-refractivity contribution in [2.45, 2.75) is 65.5 Å². The van der Waals surface area contributed by atoms with E-state index in [1.54, 1.807) is 0 Å². The molecule has 0 bridgehead atoms. The first kappa shape index (κ1) is 15.9. The highest BCUT2D eigenvalue weighted by molar-refractivity contribution is 5.74. The van der Waals surface area contributed by atoms with Crippen molar-refractivity contribution in [3.8, 4) is 0 Å². The SMILES string of the molecule is Cc1cc(C)n(CC(C)CNC(=O)NC2CCCCC2)n1. The van der Waals surface area contributed by atoms with Gasteiger partial charge in [0.05, 0.1) is 5.69 Å². The quantitative estimate of drug-likeness (QED) is 0.876. The largest absolute Gasteiger partial charge is 0.338 e. The van der Waals surface area contributed by atoms with Gasteiger partial charge in [-0.2, -0.15) is 5.10 Å². The molecule has 0 radical (unpaired) electrons. The monoisotopic (exact) mass is 292 g/mol. The molecule has 1 aromatic heterocycles. The van der Waals surface area contributed by atoms with Gasteiger partial charge in [-0.3, -0.25) is 4.68 Å². The number of hydrogen-bond acceptors (Lipinski definition) is 2. The molecule has 1 unspecified atom stereocenters. The first-order valence-electron chi connectivity index (χ1n) is 8.10. The van der Waals surface area contributed by atoms with Crippen LogP contribution in [0.5, 0.6) is 0 Å². The van der Waals surface area contributed by atoms with Crippen LogP contribution in [0.1, 0.15) is 50.4 Å². The average Bonchev–Trinajstić information content (AvgIpc) is 2.76. The summed E-state index contributed by atoms with van der Waals surface area (Å²) < 4.78 is 2.01. The van der Waals surface area contributed by atoms with Crippen LogP contribution < -0.4 is 10.6 Å². The van der Waals surface area contributed by atoms with Crippen molar-refractivity contribution in [3.63, 3.8) is 0 Å². The Labute approximate surface area is 127 Å². The molecule has 21 heavy (non-hydrogen) atoms. The van der Waals surface area contributed by atoms with Crippen LogP contribution in [0.25, 0.3) is 0 Å². The van der Waals surface area contributed by atoms with Crippen molar-refractivity contribution in [1.82, 2.24) is 20.4 Å². The lowest BCUT2D eigenvalue weighted by Crippen LogP contribution is -2.44. The van der Waals surface area contributed by atoms with E-state index < -0.39 is 0 Å². The number of hydrogen-bond donors (Lipinski definition) is 2. The fourth-order valence-corrected chi connectivity index (χ4v) is 2.97. The predicted molar refractivity (Wildman–Crippen MR) is 84.3 cm³/mol. The van der Waals surface area contributed by atoms with E-state index in [2.05, 4.69) is 35.6 Å². The Morgan fingerprint density at radius 2 is 2.10 bits per heavy atom. The molecular weight excluding hydrogens is 264 g/mol. The van der Waals surface area contributed by atoms with E-state index in [0.717, 1.165) is 25.1 Å². The normalized spacial score (nSPS) is 17.5. The van der Waals surface area contributed by atoms with Crippen LogP contribution in [0.2, 0.25) is 0 Å². The van der Waals surface area contributed by atoms with Crippen molar-refractivity contribution >= 4 is 6.03 Å². The van der Waals surface area contributed by atoms with E-state index in [9.17, 15) is 4.79 Å². The summed E-state index contributed by atoms with van der Waals surface area (Å²) in [5, 5.41) is 10.5. The molecule has 0 saturated heterocycles. The summed E-state index contributed by atoms with van der Waals surface area (Å²) >= 11 is 0.